The Bertz CT molecular complexity index is 341. The molecule has 7 heteroatoms. The van der Waals surface area contributed by atoms with Gasteiger partial charge >= 0.3 is 0 Å². The average Bonchev–Trinajstić information content (AvgIpc) is 2.63. The Kier molecular flexibility index (Phi) is 5.13. The number of nitrogens with zero attached hydrogens (tertiary/aromatic N) is 3. The smallest absolute Gasteiger partial charge is 0.164 e. The van der Waals surface area contributed by atoms with E-state index >= 15 is 0 Å². The minimum atomic E-state index is -1.02. The second-order valence-corrected chi connectivity index (χ2v) is 4.64. The van der Waals surface area contributed by atoms with Gasteiger partial charge in [-0.2, -0.15) is 0 Å². The van der Waals surface area contributed by atoms with E-state index in [0.29, 0.717) is 6.42 Å². The van der Waals surface area contributed by atoms with E-state index in [-0.39, 0.29) is 6.54 Å². The molecule has 1 aliphatic heterocycles. The number of hydrogen-bond acceptors (Lipinski definition) is 5. The molecule has 2 N–H and O–H groups in total. The van der Waals surface area contributed by atoms with Gasteiger partial charge in [0.1, 0.15) is 12.2 Å². The molecule has 7 nitrogen and oxygen atoms in total. The van der Waals surface area contributed by atoms with Crippen LogP contribution in [0.4, 0.5) is 0 Å². The molecule has 0 amide bonds. The van der Waals surface area contributed by atoms with Gasteiger partial charge in [0, 0.05) is 4.91 Å². The Hall–Kier alpha value is -1.11. The summed E-state index contributed by atoms with van der Waals surface area (Å²) in [7, 11) is 0. The summed E-state index contributed by atoms with van der Waals surface area (Å²) in [5, 5.41) is 23.1. The number of rotatable bonds is 6. The van der Waals surface area contributed by atoms with Gasteiger partial charge in [-0.05, 0) is 25.8 Å². The SMILES string of the molecule is C=CCC(O)[C@H]1OC(C)(C)O[C@@H]1[C@H](O)CN=[N+]=[N-]. The van der Waals surface area contributed by atoms with Crippen LogP contribution in [0, 0.1) is 0 Å². The van der Waals surface area contributed by atoms with Crippen LogP contribution in [0.2, 0.25) is 0 Å². The molecule has 0 aromatic carbocycles. The molecular formula is C11H19N3O4. The van der Waals surface area contributed by atoms with Crippen molar-refractivity contribution in [1.29, 1.82) is 0 Å². The van der Waals surface area contributed by atoms with Crippen molar-refractivity contribution in [2.24, 2.45) is 5.11 Å². The lowest BCUT2D eigenvalue weighted by Gasteiger charge is -2.24. The molecule has 1 unspecified atom stereocenters. The van der Waals surface area contributed by atoms with Crippen LogP contribution in [0.15, 0.2) is 17.8 Å². The van der Waals surface area contributed by atoms with E-state index in [1.807, 2.05) is 0 Å². The van der Waals surface area contributed by atoms with Gasteiger partial charge in [-0.1, -0.05) is 11.2 Å². The van der Waals surface area contributed by atoms with E-state index < -0.39 is 30.2 Å². The quantitative estimate of drug-likeness (QED) is 0.321. The Morgan fingerprint density at radius 3 is 2.44 bits per heavy atom. The van der Waals surface area contributed by atoms with Crippen LogP contribution in [0.1, 0.15) is 20.3 Å². The first kappa shape index (κ1) is 14.9. The predicted molar refractivity (Wildman–Crippen MR) is 64.7 cm³/mol. The molecule has 0 aliphatic carbocycles. The maximum atomic E-state index is 9.94. The molecule has 102 valence electrons. The highest BCUT2D eigenvalue weighted by Gasteiger charge is 2.47. The maximum Gasteiger partial charge on any atom is 0.164 e. The number of hydrogen-bond donors (Lipinski definition) is 2. The first-order chi connectivity index (χ1) is 8.41. The third kappa shape index (κ3) is 3.69. The Morgan fingerprint density at radius 2 is 1.94 bits per heavy atom. The molecule has 0 aromatic rings. The van der Waals surface area contributed by atoms with E-state index in [0.717, 1.165) is 0 Å². The minimum absolute atomic E-state index is 0.127. The van der Waals surface area contributed by atoms with Gasteiger partial charge in [-0.3, -0.25) is 0 Å². The average molecular weight is 257 g/mol. The molecular weight excluding hydrogens is 238 g/mol. The minimum Gasteiger partial charge on any atom is -0.390 e. The van der Waals surface area contributed by atoms with E-state index in [2.05, 4.69) is 16.6 Å². The standard InChI is InChI=1S/C11H19N3O4/c1-4-5-7(15)9-10(8(16)6-13-14-12)18-11(2,3)17-9/h4,7-10,15-16H,1,5-6H2,2-3H3/t7?,8-,9-,10-/m1/s1. The second-order valence-electron chi connectivity index (χ2n) is 4.64. The predicted octanol–water partition coefficient (Wildman–Crippen LogP) is 1.11. The van der Waals surface area contributed by atoms with Crippen LogP contribution in [-0.4, -0.2) is 47.0 Å². The van der Waals surface area contributed by atoms with E-state index in [9.17, 15) is 10.2 Å². The largest absolute Gasteiger partial charge is 0.390 e. The van der Waals surface area contributed by atoms with Crippen LogP contribution >= 0.6 is 0 Å². The summed E-state index contributed by atoms with van der Waals surface area (Å²) in [5.41, 5.74) is 8.23. The molecule has 18 heavy (non-hydrogen) atoms. The summed E-state index contributed by atoms with van der Waals surface area (Å²) in [6, 6.07) is 0. The van der Waals surface area contributed by atoms with Crippen LogP contribution in [-0.2, 0) is 9.47 Å². The summed E-state index contributed by atoms with van der Waals surface area (Å²) >= 11 is 0. The molecule has 1 saturated heterocycles. The molecule has 0 spiro atoms. The molecule has 1 aliphatic rings. The molecule has 0 aromatic heterocycles. The van der Waals surface area contributed by atoms with E-state index in [1.165, 1.54) is 0 Å². The summed E-state index contributed by atoms with van der Waals surface area (Å²) in [6.07, 6.45) is -1.37. The highest BCUT2D eigenvalue weighted by atomic mass is 16.8. The van der Waals surface area contributed by atoms with Crippen molar-refractivity contribution in [3.63, 3.8) is 0 Å². The Morgan fingerprint density at radius 1 is 1.39 bits per heavy atom. The van der Waals surface area contributed by atoms with Crippen molar-refractivity contribution in [2.45, 2.75) is 50.5 Å². The van der Waals surface area contributed by atoms with Crippen molar-refractivity contribution in [3.8, 4) is 0 Å². The number of ether oxygens (including phenoxy) is 2. The molecule has 1 rings (SSSR count). The second kappa shape index (κ2) is 6.17. The van der Waals surface area contributed by atoms with Crippen LogP contribution in [0.25, 0.3) is 10.4 Å². The van der Waals surface area contributed by atoms with Gasteiger partial charge in [0.2, 0.25) is 0 Å². The van der Waals surface area contributed by atoms with Crippen LogP contribution in [0.3, 0.4) is 0 Å². The van der Waals surface area contributed by atoms with Crippen molar-refractivity contribution in [2.75, 3.05) is 6.54 Å². The molecule has 1 heterocycles. The lowest BCUT2D eigenvalue weighted by atomic mass is 10.0. The number of aliphatic hydroxyl groups is 2. The zero-order chi connectivity index (χ0) is 13.8. The van der Waals surface area contributed by atoms with E-state index in [1.54, 1.807) is 19.9 Å². The maximum absolute atomic E-state index is 9.94. The summed E-state index contributed by atoms with van der Waals surface area (Å²) in [4.78, 5) is 2.58. The van der Waals surface area contributed by atoms with Crippen LogP contribution < -0.4 is 0 Å². The molecule has 1 fully saturated rings. The van der Waals surface area contributed by atoms with Gasteiger partial charge in [0.25, 0.3) is 0 Å². The zero-order valence-corrected chi connectivity index (χ0v) is 10.6. The van der Waals surface area contributed by atoms with Gasteiger partial charge in [-0.25, -0.2) is 0 Å². The Labute approximate surface area is 106 Å². The summed E-state index contributed by atoms with van der Waals surface area (Å²) < 4.78 is 11.1. The monoisotopic (exact) mass is 257 g/mol. The highest BCUT2D eigenvalue weighted by Crippen LogP contribution is 2.32. The van der Waals surface area contributed by atoms with Crippen molar-refractivity contribution >= 4 is 0 Å². The van der Waals surface area contributed by atoms with E-state index in [4.69, 9.17) is 15.0 Å². The van der Waals surface area contributed by atoms with Crippen molar-refractivity contribution < 1.29 is 19.7 Å². The molecule has 0 bridgehead atoms. The van der Waals surface area contributed by atoms with Crippen molar-refractivity contribution in [3.05, 3.63) is 23.1 Å². The summed E-state index contributed by atoms with van der Waals surface area (Å²) in [5.74, 6) is -0.894. The Balaban J connectivity index is 2.77. The van der Waals surface area contributed by atoms with Gasteiger partial charge in [0.15, 0.2) is 5.79 Å². The zero-order valence-electron chi connectivity index (χ0n) is 10.6. The normalized spacial score (nSPS) is 29.3. The molecule has 4 atom stereocenters. The lowest BCUT2D eigenvalue weighted by Crippen LogP contribution is -2.43. The first-order valence-corrected chi connectivity index (χ1v) is 5.75. The third-order valence-electron chi connectivity index (χ3n) is 2.66. The first-order valence-electron chi connectivity index (χ1n) is 5.75. The summed E-state index contributed by atoms with van der Waals surface area (Å²) in [6.45, 7) is 6.81. The van der Waals surface area contributed by atoms with Gasteiger partial charge < -0.3 is 19.7 Å². The highest BCUT2D eigenvalue weighted by molar-refractivity contribution is 4.93. The number of azide groups is 1. The third-order valence-corrected chi connectivity index (χ3v) is 2.66. The topological polar surface area (TPSA) is 108 Å². The van der Waals surface area contributed by atoms with Gasteiger partial charge in [-0.15, -0.1) is 6.58 Å². The molecule has 0 saturated carbocycles. The van der Waals surface area contributed by atoms with Crippen LogP contribution in [0.5, 0.6) is 0 Å². The fraction of sp³-hybridized carbons (Fsp3) is 0.818. The molecule has 0 radical (unpaired) electrons. The van der Waals surface area contributed by atoms with Crippen molar-refractivity contribution in [1.82, 2.24) is 0 Å². The number of aliphatic hydroxyl groups excluding tert-OH is 2. The lowest BCUT2D eigenvalue weighted by molar-refractivity contribution is -0.160. The van der Waals surface area contributed by atoms with Gasteiger partial charge in [0.05, 0.1) is 18.8 Å². The fourth-order valence-corrected chi connectivity index (χ4v) is 1.94. The fourth-order valence-electron chi connectivity index (χ4n) is 1.94.